The summed E-state index contributed by atoms with van der Waals surface area (Å²) >= 11 is 0. The lowest BCUT2D eigenvalue weighted by Gasteiger charge is -2.19. The van der Waals surface area contributed by atoms with Crippen molar-refractivity contribution in [2.45, 2.75) is 12.8 Å². The Kier molecular flexibility index (Phi) is 5.21. The van der Waals surface area contributed by atoms with Crippen molar-refractivity contribution in [3.8, 4) is 5.75 Å². The number of non-ortho nitro benzene ring substituents is 2. The summed E-state index contributed by atoms with van der Waals surface area (Å²) in [7, 11) is 1.54. The van der Waals surface area contributed by atoms with Gasteiger partial charge in [-0.3, -0.25) is 20.2 Å². The number of hydrogen-bond donors (Lipinski definition) is 1. The summed E-state index contributed by atoms with van der Waals surface area (Å²) in [5.41, 5.74) is 3.45. The van der Waals surface area contributed by atoms with Crippen molar-refractivity contribution in [2.75, 3.05) is 7.11 Å². The number of hydroxylamine groups is 1. The van der Waals surface area contributed by atoms with Gasteiger partial charge in [-0.15, -0.1) is 0 Å². The number of benzene rings is 2. The first-order valence-corrected chi connectivity index (χ1v) is 8.17. The molecule has 10 heteroatoms. The minimum Gasteiger partial charge on any atom is -0.497 e. The van der Waals surface area contributed by atoms with Crippen LogP contribution < -0.4 is 10.2 Å². The minimum absolute atomic E-state index is 0.310. The van der Waals surface area contributed by atoms with E-state index in [0.29, 0.717) is 11.4 Å². The zero-order chi connectivity index (χ0) is 20.3. The Bertz CT molecular complexity index is 968. The van der Waals surface area contributed by atoms with Gasteiger partial charge >= 0.3 is 5.97 Å². The molecule has 28 heavy (non-hydrogen) atoms. The predicted molar refractivity (Wildman–Crippen MR) is 97.6 cm³/mol. The summed E-state index contributed by atoms with van der Waals surface area (Å²) in [6.45, 7) is 0. The Morgan fingerprint density at radius 3 is 2.36 bits per heavy atom. The molecule has 10 nitrogen and oxygen atoms in total. The van der Waals surface area contributed by atoms with E-state index in [1.54, 1.807) is 6.07 Å². The number of methoxy groups -OCH3 is 1. The Morgan fingerprint density at radius 2 is 1.75 bits per heavy atom. The maximum atomic E-state index is 12.3. The van der Waals surface area contributed by atoms with Crippen LogP contribution in [-0.4, -0.2) is 22.9 Å². The number of hydrogen-bond acceptors (Lipinski definition) is 8. The van der Waals surface area contributed by atoms with Crippen molar-refractivity contribution >= 4 is 23.0 Å². The molecule has 0 aromatic heterocycles. The molecule has 0 bridgehead atoms. The molecule has 3 rings (SSSR count). The number of allylic oxidation sites excluding steroid dienone is 1. The van der Waals surface area contributed by atoms with Gasteiger partial charge in [0.25, 0.3) is 11.4 Å². The molecule has 0 fully saturated rings. The van der Waals surface area contributed by atoms with Crippen molar-refractivity contribution in [1.29, 1.82) is 0 Å². The van der Waals surface area contributed by atoms with Crippen molar-refractivity contribution in [3.63, 3.8) is 0 Å². The predicted octanol–water partition coefficient (Wildman–Crippen LogP) is 3.16. The second-order valence-corrected chi connectivity index (χ2v) is 5.92. The van der Waals surface area contributed by atoms with E-state index in [1.165, 1.54) is 7.11 Å². The molecule has 0 saturated heterocycles. The van der Waals surface area contributed by atoms with E-state index >= 15 is 0 Å². The first-order valence-electron chi connectivity index (χ1n) is 8.17. The first kappa shape index (κ1) is 18.8. The van der Waals surface area contributed by atoms with E-state index in [4.69, 9.17) is 9.57 Å². The van der Waals surface area contributed by atoms with Crippen molar-refractivity contribution in [2.24, 2.45) is 0 Å². The fourth-order valence-electron chi connectivity index (χ4n) is 2.81. The monoisotopic (exact) mass is 385 g/mol. The van der Waals surface area contributed by atoms with Gasteiger partial charge in [0.2, 0.25) is 0 Å². The SMILES string of the molecule is COc1ccc2c(c1)C(NOC(=O)c1cc([N+](=O)[O-])cc([N+](=O)[O-])c1)=CCC2. The molecule has 0 radical (unpaired) electrons. The van der Waals surface area contributed by atoms with E-state index in [9.17, 15) is 25.0 Å². The van der Waals surface area contributed by atoms with Crippen LogP contribution in [0, 0.1) is 20.2 Å². The Balaban J connectivity index is 1.81. The zero-order valence-corrected chi connectivity index (χ0v) is 14.7. The highest BCUT2D eigenvalue weighted by Gasteiger charge is 2.22. The molecule has 2 aromatic carbocycles. The molecule has 0 unspecified atom stereocenters. The van der Waals surface area contributed by atoms with Crippen molar-refractivity contribution in [3.05, 3.63) is 79.4 Å². The van der Waals surface area contributed by atoms with Gasteiger partial charge in [0.1, 0.15) is 5.75 Å². The van der Waals surface area contributed by atoms with Gasteiger partial charge in [-0.05, 0) is 30.5 Å². The summed E-state index contributed by atoms with van der Waals surface area (Å²) in [4.78, 5) is 37.6. The zero-order valence-electron chi connectivity index (χ0n) is 14.7. The van der Waals surface area contributed by atoms with E-state index in [1.807, 2.05) is 18.2 Å². The van der Waals surface area contributed by atoms with Gasteiger partial charge in [0.05, 0.1) is 34.3 Å². The maximum absolute atomic E-state index is 12.3. The maximum Gasteiger partial charge on any atom is 0.363 e. The second-order valence-electron chi connectivity index (χ2n) is 5.92. The average Bonchev–Trinajstić information content (AvgIpc) is 2.70. The van der Waals surface area contributed by atoms with Crippen LogP contribution in [-0.2, 0) is 11.3 Å². The molecular formula is C18H15N3O7. The average molecular weight is 385 g/mol. The number of aryl methyl sites for hydroxylation is 1. The van der Waals surface area contributed by atoms with Crippen LogP contribution in [0.5, 0.6) is 5.75 Å². The Morgan fingerprint density at radius 1 is 1.07 bits per heavy atom. The van der Waals surface area contributed by atoms with E-state index in [-0.39, 0.29) is 5.56 Å². The first-order chi connectivity index (χ1) is 13.4. The third-order valence-corrected chi connectivity index (χ3v) is 4.18. The number of carbonyl (C=O) groups is 1. The van der Waals surface area contributed by atoms with Crippen LogP contribution in [0.25, 0.3) is 5.70 Å². The number of fused-ring (bicyclic) bond motifs is 1. The van der Waals surface area contributed by atoms with Crippen LogP contribution in [0.4, 0.5) is 11.4 Å². The number of nitro benzene ring substituents is 2. The summed E-state index contributed by atoms with van der Waals surface area (Å²) in [6.07, 6.45) is 3.38. The van der Waals surface area contributed by atoms with E-state index in [2.05, 4.69) is 5.48 Å². The van der Waals surface area contributed by atoms with Gasteiger partial charge in [-0.2, -0.15) is 0 Å². The van der Waals surface area contributed by atoms with Gasteiger partial charge in [-0.1, -0.05) is 12.1 Å². The third-order valence-electron chi connectivity index (χ3n) is 4.18. The number of ether oxygens (including phenoxy) is 1. The fourth-order valence-corrected chi connectivity index (χ4v) is 2.81. The second kappa shape index (κ2) is 7.74. The van der Waals surface area contributed by atoms with Gasteiger partial charge < -0.3 is 9.57 Å². The van der Waals surface area contributed by atoms with Crippen LogP contribution in [0.2, 0.25) is 0 Å². The minimum atomic E-state index is -0.984. The Hall–Kier alpha value is -3.95. The molecule has 144 valence electrons. The lowest BCUT2D eigenvalue weighted by atomic mass is 9.95. The molecule has 1 aliphatic rings. The van der Waals surface area contributed by atoms with Gasteiger partial charge in [-0.25, -0.2) is 10.3 Å². The molecule has 2 aromatic rings. The lowest BCUT2D eigenvalue weighted by Crippen LogP contribution is -2.21. The Labute approximate surface area is 158 Å². The van der Waals surface area contributed by atoms with Crippen LogP contribution >= 0.6 is 0 Å². The third kappa shape index (κ3) is 3.90. The molecular weight excluding hydrogens is 370 g/mol. The smallest absolute Gasteiger partial charge is 0.363 e. The number of nitrogens with one attached hydrogen (secondary N) is 1. The number of nitro groups is 2. The molecule has 0 saturated carbocycles. The van der Waals surface area contributed by atoms with Gasteiger partial charge in [0.15, 0.2) is 0 Å². The highest BCUT2D eigenvalue weighted by Crippen LogP contribution is 2.29. The fraction of sp³-hybridized carbons (Fsp3) is 0.167. The molecule has 0 aliphatic heterocycles. The molecule has 0 amide bonds. The molecule has 0 atom stereocenters. The normalized spacial score (nSPS) is 12.4. The summed E-state index contributed by atoms with van der Waals surface area (Å²) in [6, 6.07) is 8.15. The van der Waals surface area contributed by atoms with Crippen LogP contribution in [0.1, 0.15) is 27.9 Å². The summed E-state index contributed by atoms with van der Waals surface area (Å²) in [5.74, 6) is -0.350. The van der Waals surface area contributed by atoms with Crippen LogP contribution in [0.15, 0.2) is 42.5 Å². The number of carbonyl (C=O) groups excluding carboxylic acids is 1. The topological polar surface area (TPSA) is 134 Å². The number of nitrogens with zero attached hydrogens (tertiary/aromatic N) is 2. The van der Waals surface area contributed by atoms with Crippen molar-refractivity contribution in [1.82, 2.24) is 5.48 Å². The molecule has 1 aliphatic carbocycles. The van der Waals surface area contributed by atoms with Gasteiger partial charge in [0, 0.05) is 17.7 Å². The van der Waals surface area contributed by atoms with E-state index < -0.39 is 27.2 Å². The van der Waals surface area contributed by atoms with Crippen molar-refractivity contribution < 1.29 is 24.2 Å². The molecule has 0 spiro atoms. The highest BCUT2D eigenvalue weighted by atomic mass is 16.7. The van der Waals surface area contributed by atoms with E-state index in [0.717, 1.165) is 42.2 Å². The number of rotatable bonds is 6. The lowest BCUT2D eigenvalue weighted by molar-refractivity contribution is -0.394. The van der Waals surface area contributed by atoms with Crippen LogP contribution in [0.3, 0.4) is 0 Å². The quantitative estimate of drug-likeness (QED) is 0.592. The molecule has 1 N–H and O–H groups in total. The summed E-state index contributed by atoms with van der Waals surface area (Å²) in [5, 5.41) is 21.9. The largest absolute Gasteiger partial charge is 0.497 e. The summed E-state index contributed by atoms with van der Waals surface area (Å²) < 4.78 is 5.20. The highest BCUT2D eigenvalue weighted by molar-refractivity contribution is 5.91. The molecule has 0 heterocycles. The standard InChI is InChI=1S/C18H15N3O7/c1-27-15-6-5-11-3-2-4-17(16(11)10-15)19-28-18(22)12-7-13(20(23)24)9-14(8-12)21(25)26/h4-10,19H,2-3H2,1H3.